The fourth-order valence-electron chi connectivity index (χ4n) is 1.81. The summed E-state index contributed by atoms with van der Waals surface area (Å²) in [6, 6.07) is 7.74. The van der Waals surface area contributed by atoms with E-state index in [0.717, 1.165) is 30.8 Å². The molecule has 5 nitrogen and oxygen atoms in total. The van der Waals surface area contributed by atoms with Crippen LogP contribution in [-0.4, -0.2) is 16.8 Å². The van der Waals surface area contributed by atoms with Gasteiger partial charge in [0.15, 0.2) is 0 Å². The predicted molar refractivity (Wildman–Crippen MR) is 75.5 cm³/mol. The van der Waals surface area contributed by atoms with Gasteiger partial charge < -0.3 is 10.5 Å². The Morgan fingerprint density at radius 3 is 2.53 bits per heavy atom. The first-order chi connectivity index (χ1) is 9.20. The van der Waals surface area contributed by atoms with E-state index in [-0.39, 0.29) is 5.56 Å². The van der Waals surface area contributed by atoms with Crippen LogP contribution in [0.4, 0.5) is 5.82 Å². The van der Waals surface area contributed by atoms with Gasteiger partial charge in [-0.05, 0) is 24.1 Å². The summed E-state index contributed by atoms with van der Waals surface area (Å²) in [7, 11) is 0. The fourth-order valence-corrected chi connectivity index (χ4v) is 1.81. The number of anilines is 1. The number of H-pyrrole nitrogens is 2. The number of rotatable bonds is 6. The summed E-state index contributed by atoms with van der Waals surface area (Å²) in [5.41, 5.74) is 7.12. The summed E-state index contributed by atoms with van der Waals surface area (Å²) >= 11 is 0. The third-order valence-electron chi connectivity index (χ3n) is 2.98. The molecule has 1 heterocycles. The van der Waals surface area contributed by atoms with Gasteiger partial charge in [0.25, 0.3) is 5.56 Å². The maximum atomic E-state index is 11.5. The van der Waals surface area contributed by atoms with Gasteiger partial charge in [-0.3, -0.25) is 15.0 Å². The molecule has 1 aromatic carbocycles. The van der Waals surface area contributed by atoms with Crippen molar-refractivity contribution in [3.8, 4) is 5.75 Å². The highest BCUT2D eigenvalue weighted by atomic mass is 16.5. The van der Waals surface area contributed by atoms with Crippen molar-refractivity contribution in [1.82, 2.24) is 10.2 Å². The molecule has 19 heavy (non-hydrogen) atoms. The molecule has 0 spiro atoms. The molecule has 0 aliphatic heterocycles. The summed E-state index contributed by atoms with van der Waals surface area (Å²) in [6.45, 7) is 2.87. The van der Waals surface area contributed by atoms with Crippen LogP contribution in [0.2, 0.25) is 0 Å². The molecular weight excluding hydrogens is 242 g/mol. The number of aromatic amines is 2. The number of hydrogen-bond acceptors (Lipinski definition) is 3. The van der Waals surface area contributed by atoms with Crippen molar-refractivity contribution < 1.29 is 4.74 Å². The summed E-state index contributed by atoms with van der Waals surface area (Å²) in [5, 5.41) is 5.09. The van der Waals surface area contributed by atoms with Gasteiger partial charge in [0, 0.05) is 6.42 Å². The van der Waals surface area contributed by atoms with E-state index in [0.29, 0.717) is 17.8 Å². The largest absolute Gasteiger partial charge is 0.494 e. The van der Waals surface area contributed by atoms with Crippen molar-refractivity contribution in [2.45, 2.75) is 26.2 Å². The van der Waals surface area contributed by atoms with E-state index in [1.54, 1.807) is 0 Å². The van der Waals surface area contributed by atoms with Crippen LogP contribution in [-0.2, 0) is 6.42 Å². The molecule has 5 heteroatoms. The molecule has 0 fully saturated rings. The zero-order chi connectivity index (χ0) is 13.7. The SMILES string of the molecule is CCCCOc1ccc(Cc2c(N)[nH][nH]c2=O)cc1. The third kappa shape index (κ3) is 3.40. The molecular formula is C14H19N3O2. The second-order valence-electron chi connectivity index (χ2n) is 4.49. The van der Waals surface area contributed by atoms with Gasteiger partial charge in [-0.25, -0.2) is 0 Å². The highest BCUT2D eigenvalue weighted by molar-refractivity contribution is 5.41. The Labute approximate surface area is 111 Å². The number of hydrogen-bond donors (Lipinski definition) is 3. The normalized spacial score (nSPS) is 10.6. The first-order valence-electron chi connectivity index (χ1n) is 6.47. The summed E-state index contributed by atoms with van der Waals surface area (Å²) in [4.78, 5) is 11.5. The molecule has 102 valence electrons. The van der Waals surface area contributed by atoms with Crippen molar-refractivity contribution in [2.75, 3.05) is 12.3 Å². The average Bonchev–Trinajstić information content (AvgIpc) is 2.73. The molecule has 0 atom stereocenters. The molecule has 0 amide bonds. The molecule has 1 aromatic heterocycles. The van der Waals surface area contributed by atoms with Gasteiger partial charge in [-0.1, -0.05) is 25.5 Å². The number of aromatic nitrogens is 2. The smallest absolute Gasteiger partial charge is 0.269 e. The Morgan fingerprint density at radius 2 is 1.95 bits per heavy atom. The molecule has 2 aromatic rings. The van der Waals surface area contributed by atoms with Crippen LogP contribution in [0.3, 0.4) is 0 Å². The van der Waals surface area contributed by atoms with Gasteiger partial charge in [-0.2, -0.15) is 0 Å². The number of unbranched alkanes of at least 4 members (excludes halogenated alkanes) is 1. The van der Waals surface area contributed by atoms with Gasteiger partial charge in [0.2, 0.25) is 0 Å². The van der Waals surface area contributed by atoms with Gasteiger partial charge in [0.1, 0.15) is 11.6 Å². The minimum Gasteiger partial charge on any atom is -0.494 e. The molecule has 0 saturated carbocycles. The van der Waals surface area contributed by atoms with Crippen LogP contribution >= 0.6 is 0 Å². The lowest BCUT2D eigenvalue weighted by atomic mass is 10.1. The summed E-state index contributed by atoms with van der Waals surface area (Å²) in [5.74, 6) is 1.25. The van der Waals surface area contributed by atoms with E-state index in [2.05, 4.69) is 17.1 Å². The van der Waals surface area contributed by atoms with Crippen molar-refractivity contribution in [3.05, 3.63) is 45.7 Å². The topological polar surface area (TPSA) is 83.9 Å². The first-order valence-corrected chi connectivity index (χ1v) is 6.47. The Bertz CT molecular complexity index is 569. The van der Waals surface area contributed by atoms with Crippen molar-refractivity contribution in [2.24, 2.45) is 0 Å². The van der Waals surface area contributed by atoms with Crippen LogP contribution in [0, 0.1) is 0 Å². The quantitative estimate of drug-likeness (QED) is 0.696. The molecule has 0 saturated heterocycles. The van der Waals surface area contributed by atoms with E-state index in [1.165, 1.54) is 0 Å². The number of nitrogen functional groups attached to an aromatic ring is 1. The van der Waals surface area contributed by atoms with E-state index in [1.807, 2.05) is 24.3 Å². The average molecular weight is 261 g/mol. The van der Waals surface area contributed by atoms with Gasteiger partial charge in [0.05, 0.1) is 12.2 Å². The Balaban J connectivity index is 2.01. The summed E-state index contributed by atoms with van der Waals surface area (Å²) in [6.07, 6.45) is 2.69. The second-order valence-corrected chi connectivity index (χ2v) is 4.49. The highest BCUT2D eigenvalue weighted by Gasteiger charge is 2.07. The zero-order valence-electron chi connectivity index (χ0n) is 11.0. The maximum absolute atomic E-state index is 11.5. The van der Waals surface area contributed by atoms with E-state index >= 15 is 0 Å². The van der Waals surface area contributed by atoms with Crippen LogP contribution in [0.1, 0.15) is 30.9 Å². The fraction of sp³-hybridized carbons (Fsp3) is 0.357. The van der Waals surface area contributed by atoms with Crippen LogP contribution in [0.25, 0.3) is 0 Å². The lowest BCUT2D eigenvalue weighted by molar-refractivity contribution is 0.309. The lowest BCUT2D eigenvalue weighted by Gasteiger charge is -2.06. The Morgan fingerprint density at radius 1 is 1.21 bits per heavy atom. The van der Waals surface area contributed by atoms with E-state index in [9.17, 15) is 4.79 Å². The standard InChI is InChI=1S/C14H19N3O2/c1-2-3-8-19-11-6-4-10(5-7-11)9-12-13(15)16-17-14(12)18/h4-7H,2-3,8-9H2,1H3,(H4,15,16,17,18). The highest BCUT2D eigenvalue weighted by Crippen LogP contribution is 2.16. The maximum Gasteiger partial charge on any atom is 0.269 e. The first kappa shape index (κ1) is 13.3. The van der Waals surface area contributed by atoms with Crippen molar-refractivity contribution >= 4 is 5.82 Å². The van der Waals surface area contributed by atoms with Crippen LogP contribution in [0.15, 0.2) is 29.1 Å². The second kappa shape index (κ2) is 6.13. The monoisotopic (exact) mass is 261 g/mol. The molecule has 4 N–H and O–H groups in total. The van der Waals surface area contributed by atoms with Crippen molar-refractivity contribution in [1.29, 1.82) is 0 Å². The molecule has 2 rings (SSSR count). The zero-order valence-corrected chi connectivity index (χ0v) is 11.0. The Hall–Kier alpha value is -2.17. The predicted octanol–water partition coefficient (Wildman–Crippen LogP) is 2.05. The number of nitrogens with one attached hydrogen (secondary N) is 2. The van der Waals surface area contributed by atoms with Crippen LogP contribution < -0.4 is 16.0 Å². The molecule has 0 aliphatic rings. The van der Waals surface area contributed by atoms with Crippen molar-refractivity contribution in [3.63, 3.8) is 0 Å². The van der Waals surface area contributed by atoms with E-state index < -0.39 is 0 Å². The number of benzene rings is 1. The van der Waals surface area contributed by atoms with Crippen LogP contribution in [0.5, 0.6) is 5.75 Å². The molecule has 0 aliphatic carbocycles. The molecule has 0 unspecified atom stereocenters. The number of nitrogens with two attached hydrogens (primary N) is 1. The number of ether oxygens (including phenoxy) is 1. The minimum absolute atomic E-state index is 0.166. The third-order valence-corrected chi connectivity index (χ3v) is 2.98. The summed E-state index contributed by atoms with van der Waals surface area (Å²) < 4.78 is 5.59. The van der Waals surface area contributed by atoms with Gasteiger partial charge >= 0.3 is 0 Å². The lowest BCUT2D eigenvalue weighted by Crippen LogP contribution is -2.07. The molecule has 0 bridgehead atoms. The minimum atomic E-state index is -0.166. The van der Waals surface area contributed by atoms with E-state index in [4.69, 9.17) is 10.5 Å². The molecule has 0 radical (unpaired) electrons. The Kier molecular flexibility index (Phi) is 4.28. The van der Waals surface area contributed by atoms with Gasteiger partial charge in [-0.15, -0.1) is 0 Å².